The van der Waals surface area contributed by atoms with E-state index >= 15 is 0 Å². The van der Waals surface area contributed by atoms with Crippen molar-refractivity contribution in [3.63, 3.8) is 0 Å². The number of urea groups is 1. The van der Waals surface area contributed by atoms with Crippen LogP contribution in [0.3, 0.4) is 0 Å². The summed E-state index contributed by atoms with van der Waals surface area (Å²) in [5.74, 6) is 0. The van der Waals surface area contributed by atoms with Gasteiger partial charge in [-0.25, -0.2) is 4.79 Å². The molecule has 22 heavy (non-hydrogen) atoms. The Bertz CT molecular complexity index is 502. The van der Waals surface area contributed by atoms with E-state index in [9.17, 15) is 4.79 Å². The molecule has 1 aliphatic rings. The van der Waals surface area contributed by atoms with E-state index in [4.69, 9.17) is 5.73 Å². The first kappa shape index (κ1) is 16.8. The third kappa shape index (κ3) is 4.71. The van der Waals surface area contributed by atoms with Crippen LogP contribution in [0.5, 0.6) is 0 Å². The second-order valence-corrected chi connectivity index (χ2v) is 6.96. The van der Waals surface area contributed by atoms with E-state index in [1.54, 1.807) is 0 Å². The summed E-state index contributed by atoms with van der Waals surface area (Å²) in [6.45, 7) is 9.81. The third-order valence-electron chi connectivity index (χ3n) is 4.30. The van der Waals surface area contributed by atoms with Crippen molar-refractivity contribution in [1.29, 1.82) is 0 Å². The zero-order chi connectivity index (χ0) is 16.2. The molecule has 5 nitrogen and oxygen atoms in total. The molecule has 1 fully saturated rings. The Morgan fingerprint density at radius 2 is 1.91 bits per heavy atom. The first-order chi connectivity index (χ1) is 10.4. The van der Waals surface area contributed by atoms with E-state index in [1.807, 2.05) is 24.3 Å². The lowest BCUT2D eigenvalue weighted by Crippen LogP contribution is -2.49. The molecule has 0 bridgehead atoms. The number of hydrogen-bond donors (Lipinski definition) is 3. The van der Waals surface area contributed by atoms with Gasteiger partial charge in [-0.2, -0.15) is 0 Å². The molecule has 122 valence electrons. The number of carbonyl (C=O) groups excluding carboxylic acids is 1. The number of anilines is 1. The van der Waals surface area contributed by atoms with Crippen molar-refractivity contribution in [2.45, 2.75) is 51.7 Å². The van der Waals surface area contributed by atoms with Crippen LogP contribution in [0.2, 0.25) is 0 Å². The van der Waals surface area contributed by atoms with Crippen LogP contribution in [0, 0.1) is 0 Å². The van der Waals surface area contributed by atoms with Gasteiger partial charge in [-0.3, -0.25) is 4.90 Å². The van der Waals surface area contributed by atoms with E-state index in [2.05, 4.69) is 36.3 Å². The zero-order valence-electron chi connectivity index (χ0n) is 13.9. The number of nitrogens with one attached hydrogen (secondary N) is 2. The van der Waals surface area contributed by atoms with Crippen LogP contribution in [-0.4, -0.2) is 35.6 Å². The molecule has 1 heterocycles. The lowest BCUT2D eigenvalue weighted by molar-refractivity contribution is 0.0960. The predicted octanol–water partition coefficient (Wildman–Crippen LogP) is 2.53. The van der Waals surface area contributed by atoms with Gasteiger partial charge >= 0.3 is 6.03 Å². The number of nitrogens with zero attached hydrogens (tertiary/aromatic N) is 1. The number of para-hydroxylation sites is 1. The number of nitrogens with two attached hydrogens (primary N) is 1. The highest BCUT2D eigenvalue weighted by atomic mass is 16.2. The fraction of sp³-hybridized carbons (Fsp3) is 0.588. The number of hydrogen-bond acceptors (Lipinski definition) is 3. The fourth-order valence-electron chi connectivity index (χ4n) is 2.94. The van der Waals surface area contributed by atoms with E-state index < -0.39 is 6.03 Å². The van der Waals surface area contributed by atoms with Crippen molar-refractivity contribution in [2.24, 2.45) is 5.73 Å². The van der Waals surface area contributed by atoms with Crippen LogP contribution in [0.25, 0.3) is 0 Å². The van der Waals surface area contributed by atoms with E-state index in [0.717, 1.165) is 43.7 Å². The molecule has 5 heteroatoms. The number of piperidine rings is 1. The summed E-state index contributed by atoms with van der Waals surface area (Å²) >= 11 is 0. The molecule has 1 aromatic rings. The van der Waals surface area contributed by atoms with Crippen molar-refractivity contribution in [3.05, 3.63) is 29.8 Å². The summed E-state index contributed by atoms with van der Waals surface area (Å²) in [5.41, 5.74) is 7.32. The minimum Gasteiger partial charge on any atom is -0.351 e. The third-order valence-corrected chi connectivity index (χ3v) is 4.30. The number of rotatable bonds is 4. The Morgan fingerprint density at radius 3 is 2.50 bits per heavy atom. The van der Waals surface area contributed by atoms with Gasteiger partial charge in [-0.1, -0.05) is 18.2 Å². The van der Waals surface area contributed by atoms with Gasteiger partial charge in [-0.05, 0) is 45.2 Å². The van der Waals surface area contributed by atoms with Crippen molar-refractivity contribution in [3.8, 4) is 0 Å². The Morgan fingerprint density at radius 1 is 1.27 bits per heavy atom. The number of carbonyl (C=O) groups is 1. The average molecular weight is 304 g/mol. The Kier molecular flexibility index (Phi) is 5.42. The van der Waals surface area contributed by atoms with Crippen LogP contribution in [-0.2, 0) is 6.54 Å². The van der Waals surface area contributed by atoms with Gasteiger partial charge in [0, 0.05) is 36.9 Å². The second-order valence-electron chi connectivity index (χ2n) is 6.96. The summed E-state index contributed by atoms with van der Waals surface area (Å²) in [4.78, 5) is 13.6. The topological polar surface area (TPSA) is 70.4 Å². The van der Waals surface area contributed by atoms with Crippen molar-refractivity contribution in [2.75, 3.05) is 18.4 Å². The number of amides is 2. The van der Waals surface area contributed by atoms with Gasteiger partial charge in [0.1, 0.15) is 0 Å². The average Bonchev–Trinajstić information content (AvgIpc) is 2.45. The molecule has 0 spiro atoms. The van der Waals surface area contributed by atoms with Crippen molar-refractivity contribution in [1.82, 2.24) is 10.2 Å². The van der Waals surface area contributed by atoms with E-state index in [1.165, 1.54) is 0 Å². The maximum atomic E-state index is 11.0. The highest BCUT2D eigenvalue weighted by molar-refractivity contribution is 5.88. The summed E-state index contributed by atoms with van der Waals surface area (Å²) < 4.78 is 0. The molecule has 0 radical (unpaired) electrons. The molecule has 1 aliphatic heterocycles. The van der Waals surface area contributed by atoms with Crippen LogP contribution in [0.4, 0.5) is 10.5 Å². The highest BCUT2D eigenvalue weighted by Crippen LogP contribution is 2.21. The molecule has 2 rings (SSSR count). The van der Waals surface area contributed by atoms with Crippen LogP contribution < -0.4 is 16.4 Å². The Labute approximate surface area is 133 Å². The monoisotopic (exact) mass is 304 g/mol. The normalized spacial score (nSPS) is 17.4. The molecule has 0 unspecified atom stereocenters. The van der Waals surface area contributed by atoms with E-state index in [0.29, 0.717) is 6.04 Å². The van der Waals surface area contributed by atoms with Gasteiger partial charge in [0.25, 0.3) is 0 Å². The minimum atomic E-state index is -0.522. The number of benzene rings is 1. The summed E-state index contributed by atoms with van der Waals surface area (Å²) in [6, 6.07) is 7.78. The lowest BCUT2D eigenvalue weighted by atomic mass is 9.98. The molecule has 4 N–H and O–H groups in total. The second kappa shape index (κ2) is 7.11. The maximum Gasteiger partial charge on any atom is 0.316 e. The van der Waals surface area contributed by atoms with Gasteiger partial charge in [0.2, 0.25) is 0 Å². The number of primary amides is 1. The van der Waals surface area contributed by atoms with Crippen LogP contribution in [0.1, 0.15) is 39.2 Å². The molecular formula is C17H28N4O. The molecule has 0 saturated carbocycles. The molecule has 2 amide bonds. The van der Waals surface area contributed by atoms with Gasteiger partial charge in [0.05, 0.1) is 0 Å². The summed E-state index contributed by atoms with van der Waals surface area (Å²) in [5, 5.41) is 6.28. The predicted molar refractivity (Wildman–Crippen MR) is 90.8 cm³/mol. The lowest BCUT2D eigenvalue weighted by Gasteiger charge is -2.41. The zero-order valence-corrected chi connectivity index (χ0v) is 13.9. The Hall–Kier alpha value is -1.59. The minimum absolute atomic E-state index is 0.253. The first-order valence-electron chi connectivity index (χ1n) is 7.99. The fourth-order valence-corrected chi connectivity index (χ4v) is 2.94. The van der Waals surface area contributed by atoms with Crippen molar-refractivity contribution < 1.29 is 4.79 Å². The first-order valence-corrected chi connectivity index (χ1v) is 7.99. The molecule has 0 aliphatic carbocycles. The Balaban J connectivity index is 1.86. The molecule has 0 aromatic heterocycles. The van der Waals surface area contributed by atoms with Crippen LogP contribution >= 0.6 is 0 Å². The van der Waals surface area contributed by atoms with E-state index in [-0.39, 0.29) is 5.54 Å². The molecule has 1 saturated heterocycles. The largest absolute Gasteiger partial charge is 0.351 e. The summed E-state index contributed by atoms with van der Waals surface area (Å²) in [7, 11) is 0. The molecule has 1 aromatic carbocycles. The highest BCUT2D eigenvalue weighted by Gasteiger charge is 2.26. The van der Waals surface area contributed by atoms with Gasteiger partial charge in [-0.15, -0.1) is 0 Å². The quantitative estimate of drug-likeness (QED) is 0.800. The van der Waals surface area contributed by atoms with Gasteiger partial charge < -0.3 is 16.4 Å². The summed E-state index contributed by atoms with van der Waals surface area (Å²) in [6.07, 6.45) is 2.31. The SMILES string of the molecule is CC(C)(C)N1CCC(NCc2ccccc2NC(N)=O)CC1. The number of likely N-dealkylation sites (tertiary alicyclic amines) is 1. The molecular weight excluding hydrogens is 276 g/mol. The van der Waals surface area contributed by atoms with Gasteiger partial charge in [0.15, 0.2) is 0 Å². The maximum absolute atomic E-state index is 11.0. The standard InChI is InChI=1S/C17H28N4O/c1-17(2,3)21-10-8-14(9-11-21)19-12-13-6-4-5-7-15(13)20-16(18)22/h4-7,14,19H,8-12H2,1-3H3,(H3,18,20,22). The van der Waals surface area contributed by atoms with Crippen molar-refractivity contribution >= 4 is 11.7 Å². The smallest absolute Gasteiger partial charge is 0.316 e. The molecule has 0 atom stereocenters. The van der Waals surface area contributed by atoms with Crippen LogP contribution in [0.15, 0.2) is 24.3 Å².